The average Bonchev–Trinajstić information content (AvgIpc) is 1.97. The first kappa shape index (κ1) is 8.50. The third-order valence-corrected chi connectivity index (χ3v) is 3.85. The van der Waals surface area contributed by atoms with Crippen LogP contribution in [0.25, 0.3) is 0 Å². The fraction of sp³-hybridized carbons (Fsp3) is 0.833. The molecule has 0 bridgehead atoms. The Morgan fingerprint density at radius 3 is 2.55 bits per heavy atom. The minimum Gasteiger partial charge on any atom is -0.304 e. The molecule has 1 saturated heterocycles. The van der Waals surface area contributed by atoms with Crippen LogP contribution in [0.4, 0.5) is 0 Å². The summed E-state index contributed by atoms with van der Waals surface area (Å²) < 4.78 is 15.0. The summed E-state index contributed by atoms with van der Waals surface area (Å²) in [6.07, 6.45) is 1.62. The van der Waals surface area contributed by atoms with Crippen LogP contribution in [-0.4, -0.2) is 40.8 Å². The van der Waals surface area contributed by atoms with Crippen molar-refractivity contribution in [3.8, 4) is 6.19 Å². The summed E-state index contributed by atoms with van der Waals surface area (Å²) in [6, 6.07) is 0. The lowest BCUT2D eigenvalue weighted by atomic mass is 10.6. The standard InChI is InChI=1S/C6H11N3OS/c1-9-2-4-11(10,5-3-9)8-6-7/h2-5H2,1H3. The van der Waals surface area contributed by atoms with E-state index < -0.39 is 9.73 Å². The molecular formula is C6H11N3OS. The maximum absolute atomic E-state index is 11.5. The second-order valence-corrected chi connectivity index (χ2v) is 5.22. The molecule has 0 aliphatic carbocycles. The van der Waals surface area contributed by atoms with Gasteiger partial charge in [0.15, 0.2) is 0 Å². The van der Waals surface area contributed by atoms with Gasteiger partial charge < -0.3 is 4.90 Å². The van der Waals surface area contributed by atoms with E-state index in [-0.39, 0.29) is 0 Å². The highest BCUT2D eigenvalue weighted by molar-refractivity contribution is 7.93. The Morgan fingerprint density at radius 1 is 1.55 bits per heavy atom. The molecule has 11 heavy (non-hydrogen) atoms. The van der Waals surface area contributed by atoms with Gasteiger partial charge in [0.05, 0.1) is 9.73 Å². The minimum atomic E-state index is -2.15. The van der Waals surface area contributed by atoms with Crippen LogP contribution in [-0.2, 0) is 9.73 Å². The zero-order valence-electron chi connectivity index (χ0n) is 6.49. The average molecular weight is 173 g/mol. The topological polar surface area (TPSA) is 56.5 Å². The van der Waals surface area contributed by atoms with Crippen LogP contribution in [0, 0.1) is 11.5 Å². The molecule has 0 atom stereocenters. The Balaban J connectivity index is 2.73. The van der Waals surface area contributed by atoms with Crippen LogP contribution in [0.1, 0.15) is 0 Å². The highest BCUT2D eigenvalue weighted by Crippen LogP contribution is 2.04. The van der Waals surface area contributed by atoms with Gasteiger partial charge in [-0.25, -0.2) is 4.21 Å². The van der Waals surface area contributed by atoms with Gasteiger partial charge in [0.25, 0.3) is 0 Å². The van der Waals surface area contributed by atoms with Crippen molar-refractivity contribution in [2.24, 2.45) is 4.36 Å². The van der Waals surface area contributed by atoms with Gasteiger partial charge >= 0.3 is 0 Å². The molecule has 0 aromatic heterocycles. The molecule has 62 valence electrons. The molecule has 0 aromatic carbocycles. The van der Waals surface area contributed by atoms with Crippen LogP contribution in [0.5, 0.6) is 0 Å². The first-order valence-corrected chi connectivity index (χ1v) is 5.31. The SMILES string of the molecule is CN1CCS(=O)(=NC#N)CC1. The zero-order valence-corrected chi connectivity index (χ0v) is 7.30. The molecule has 0 aromatic rings. The van der Waals surface area contributed by atoms with Crippen molar-refractivity contribution in [3.63, 3.8) is 0 Å². The quantitative estimate of drug-likeness (QED) is 0.480. The molecule has 1 heterocycles. The van der Waals surface area contributed by atoms with Crippen molar-refractivity contribution in [2.75, 3.05) is 31.6 Å². The molecule has 0 radical (unpaired) electrons. The Morgan fingerprint density at radius 2 is 2.09 bits per heavy atom. The predicted molar refractivity (Wildman–Crippen MR) is 43.4 cm³/mol. The van der Waals surface area contributed by atoms with Gasteiger partial charge in [0.1, 0.15) is 0 Å². The lowest BCUT2D eigenvalue weighted by molar-refractivity contribution is 0.366. The zero-order chi connectivity index (χ0) is 8.32. The highest BCUT2D eigenvalue weighted by Gasteiger charge is 2.17. The maximum Gasteiger partial charge on any atom is 0.214 e. The van der Waals surface area contributed by atoms with Crippen LogP contribution < -0.4 is 0 Å². The summed E-state index contributed by atoms with van der Waals surface area (Å²) in [5.74, 6) is 1.08. The summed E-state index contributed by atoms with van der Waals surface area (Å²) in [6.45, 7) is 1.56. The van der Waals surface area contributed by atoms with Crippen LogP contribution >= 0.6 is 0 Å². The van der Waals surface area contributed by atoms with E-state index in [0.717, 1.165) is 13.1 Å². The molecule has 0 amide bonds. The van der Waals surface area contributed by atoms with Gasteiger partial charge in [-0.05, 0) is 7.05 Å². The smallest absolute Gasteiger partial charge is 0.214 e. The van der Waals surface area contributed by atoms with Gasteiger partial charge in [0, 0.05) is 24.6 Å². The van der Waals surface area contributed by atoms with Gasteiger partial charge in [-0.3, -0.25) is 0 Å². The second kappa shape index (κ2) is 3.20. The van der Waals surface area contributed by atoms with Gasteiger partial charge in [-0.2, -0.15) is 5.26 Å². The Labute approximate surface area is 67.0 Å². The van der Waals surface area contributed by atoms with Gasteiger partial charge in [0.2, 0.25) is 6.19 Å². The van der Waals surface area contributed by atoms with Crippen molar-refractivity contribution in [2.45, 2.75) is 0 Å². The predicted octanol–water partition coefficient (Wildman–Crippen LogP) is -0.119. The number of rotatable bonds is 0. The van der Waals surface area contributed by atoms with E-state index in [1.165, 1.54) is 0 Å². The van der Waals surface area contributed by atoms with E-state index in [9.17, 15) is 4.21 Å². The molecule has 5 heteroatoms. The maximum atomic E-state index is 11.5. The molecule has 4 nitrogen and oxygen atoms in total. The van der Waals surface area contributed by atoms with E-state index in [1.807, 2.05) is 7.05 Å². The van der Waals surface area contributed by atoms with Crippen molar-refractivity contribution < 1.29 is 4.21 Å². The third-order valence-electron chi connectivity index (χ3n) is 1.79. The van der Waals surface area contributed by atoms with E-state index >= 15 is 0 Å². The summed E-state index contributed by atoms with van der Waals surface area (Å²) in [5.41, 5.74) is 0. The lowest BCUT2D eigenvalue weighted by Crippen LogP contribution is -2.37. The van der Waals surface area contributed by atoms with Crippen LogP contribution in [0.15, 0.2) is 4.36 Å². The first-order chi connectivity index (χ1) is 5.16. The summed E-state index contributed by atoms with van der Waals surface area (Å²) in [5, 5.41) is 8.24. The normalized spacial score (nSPS) is 24.0. The summed E-state index contributed by atoms with van der Waals surface area (Å²) >= 11 is 0. The Bertz CT molecular complexity index is 271. The molecular weight excluding hydrogens is 162 g/mol. The highest BCUT2D eigenvalue weighted by atomic mass is 32.2. The second-order valence-electron chi connectivity index (χ2n) is 2.68. The van der Waals surface area contributed by atoms with Gasteiger partial charge in [-0.1, -0.05) is 0 Å². The number of hydrogen-bond donors (Lipinski definition) is 0. The van der Waals surface area contributed by atoms with Crippen molar-refractivity contribution in [1.29, 1.82) is 5.26 Å². The summed E-state index contributed by atoms with van der Waals surface area (Å²) in [4.78, 5) is 2.09. The molecule has 0 unspecified atom stereocenters. The number of nitrogens with zero attached hydrogens (tertiary/aromatic N) is 3. The van der Waals surface area contributed by atoms with Crippen molar-refractivity contribution in [3.05, 3.63) is 0 Å². The van der Waals surface area contributed by atoms with E-state index in [2.05, 4.69) is 9.26 Å². The molecule has 1 aliphatic rings. The fourth-order valence-electron chi connectivity index (χ4n) is 0.977. The first-order valence-electron chi connectivity index (χ1n) is 3.45. The number of nitriles is 1. The Hall–Kier alpha value is -0.600. The van der Waals surface area contributed by atoms with Crippen molar-refractivity contribution >= 4 is 9.73 Å². The van der Waals surface area contributed by atoms with E-state index in [4.69, 9.17) is 5.26 Å². The monoisotopic (exact) mass is 173 g/mol. The number of hydrogen-bond acceptors (Lipinski definition) is 4. The van der Waals surface area contributed by atoms with Crippen LogP contribution in [0.3, 0.4) is 0 Å². The molecule has 1 aliphatic heterocycles. The molecule has 0 spiro atoms. The molecule has 1 rings (SSSR count). The fourth-order valence-corrected chi connectivity index (χ4v) is 2.71. The molecule has 0 N–H and O–H groups in total. The van der Waals surface area contributed by atoms with Crippen molar-refractivity contribution in [1.82, 2.24) is 4.90 Å². The largest absolute Gasteiger partial charge is 0.304 e. The summed E-state index contributed by atoms with van der Waals surface area (Å²) in [7, 11) is -0.173. The van der Waals surface area contributed by atoms with Gasteiger partial charge in [-0.15, -0.1) is 4.36 Å². The van der Waals surface area contributed by atoms with E-state index in [0.29, 0.717) is 11.5 Å². The minimum absolute atomic E-state index is 0.539. The Kier molecular flexibility index (Phi) is 2.47. The van der Waals surface area contributed by atoms with Crippen LogP contribution in [0.2, 0.25) is 0 Å². The molecule has 1 fully saturated rings. The third kappa shape index (κ3) is 2.17. The lowest BCUT2D eigenvalue weighted by Gasteiger charge is -2.23. The molecule has 0 saturated carbocycles. The van der Waals surface area contributed by atoms with E-state index in [1.54, 1.807) is 6.19 Å².